The minimum absolute atomic E-state index is 0.128. The van der Waals surface area contributed by atoms with E-state index in [0.717, 1.165) is 5.56 Å². The van der Waals surface area contributed by atoms with Crippen LogP contribution < -0.4 is 5.32 Å². The number of furan rings is 1. The lowest BCUT2D eigenvalue weighted by Crippen LogP contribution is -2.22. The fraction of sp³-hybridized carbons (Fsp3) is 0.0714. The summed E-state index contributed by atoms with van der Waals surface area (Å²) in [4.78, 5) is 11.5. The van der Waals surface area contributed by atoms with Crippen LogP contribution in [-0.4, -0.2) is 12.5 Å². The molecule has 1 aromatic heterocycles. The number of benzene rings is 1. The van der Waals surface area contributed by atoms with Crippen LogP contribution in [0.2, 0.25) is 0 Å². The Morgan fingerprint density at radius 1 is 1.24 bits per heavy atom. The van der Waals surface area contributed by atoms with E-state index in [2.05, 4.69) is 5.32 Å². The van der Waals surface area contributed by atoms with Crippen molar-refractivity contribution in [1.82, 2.24) is 5.32 Å². The van der Waals surface area contributed by atoms with Gasteiger partial charge in [0.05, 0.1) is 11.8 Å². The Labute approximate surface area is 99.8 Å². The van der Waals surface area contributed by atoms with Crippen molar-refractivity contribution < 1.29 is 9.21 Å². The van der Waals surface area contributed by atoms with Gasteiger partial charge in [-0.15, -0.1) is 0 Å². The third kappa shape index (κ3) is 3.34. The van der Waals surface area contributed by atoms with Crippen LogP contribution in [0.25, 0.3) is 6.08 Å². The molecule has 86 valence electrons. The molecule has 17 heavy (non-hydrogen) atoms. The van der Waals surface area contributed by atoms with Crippen LogP contribution in [0.4, 0.5) is 0 Å². The molecule has 1 aromatic carbocycles. The lowest BCUT2D eigenvalue weighted by Gasteiger charge is -1.98. The maximum Gasteiger partial charge on any atom is 0.254 e. The molecule has 3 nitrogen and oxygen atoms in total. The van der Waals surface area contributed by atoms with E-state index in [4.69, 9.17) is 4.42 Å². The molecule has 0 saturated carbocycles. The van der Waals surface area contributed by atoms with Crippen LogP contribution in [0.5, 0.6) is 0 Å². The number of carbonyl (C=O) groups is 1. The summed E-state index contributed by atoms with van der Waals surface area (Å²) in [6.07, 6.45) is 6.79. The first-order valence-electron chi connectivity index (χ1n) is 5.38. The molecular formula is C14H13NO2. The van der Waals surface area contributed by atoms with Gasteiger partial charge in [0.1, 0.15) is 6.26 Å². The molecule has 0 saturated heterocycles. The first kappa shape index (κ1) is 11.2. The van der Waals surface area contributed by atoms with Crippen LogP contribution in [0, 0.1) is 0 Å². The number of rotatable bonds is 4. The van der Waals surface area contributed by atoms with Gasteiger partial charge in [-0.1, -0.05) is 42.5 Å². The second kappa shape index (κ2) is 5.70. The number of hydrogen-bond donors (Lipinski definition) is 1. The van der Waals surface area contributed by atoms with E-state index in [-0.39, 0.29) is 5.91 Å². The normalized spacial score (nSPS) is 10.6. The van der Waals surface area contributed by atoms with Gasteiger partial charge in [-0.25, -0.2) is 0 Å². The molecule has 0 atom stereocenters. The summed E-state index contributed by atoms with van der Waals surface area (Å²) in [5.74, 6) is -0.128. The second-order valence-electron chi connectivity index (χ2n) is 3.54. The highest BCUT2D eigenvalue weighted by atomic mass is 16.3. The first-order chi connectivity index (χ1) is 8.36. The zero-order chi connectivity index (χ0) is 11.9. The van der Waals surface area contributed by atoms with Crippen molar-refractivity contribution in [3.63, 3.8) is 0 Å². The van der Waals surface area contributed by atoms with Crippen LogP contribution in [0.15, 0.2) is 59.4 Å². The van der Waals surface area contributed by atoms with Crippen LogP contribution in [0.3, 0.4) is 0 Å². The highest BCUT2D eigenvalue weighted by Crippen LogP contribution is 2.01. The quantitative estimate of drug-likeness (QED) is 0.872. The Hall–Kier alpha value is -2.29. The number of hydrogen-bond acceptors (Lipinski definition) is 2. The maximum atomic E-state index is 11.5. The van der Waals surface area contributed by atoms with Gasteiger partial charge in [-0.2, -0.15) is 0 Å². The Bertz CT molecular complexity index is 486. The molecule has 3 heteroatoms. The molecule has 0 aliphatic carbocycles. The average Bonchev–Trinajstić information content (AvgIpc) is 2.89. The van der Waals surface area contributed by atoms with Crippen molar-refractivity contribution in [2.45, 2.75) is 0 Å². The molecular weight excluding hydrogens is 214 g/mol. The highest BCUT2D eigenvalue weighted by Gasteiger charge is 2.03. The summed E-state index contributed by atoms with van der Waals surface area (Å²) < 4.78 is 4.83. The third-order valence-corrected chi connectivity index (χ3v) is 2.27. The number of carbonyl (C=O) groups excluding carboxylic acids is 1. The molecule has 0 aliphatic rings. The lowest BCUT2D eigenvalue weighted by molar-refractivity contribution is 0.0957. The zero-order valence-corrected chi connectivity index (χ0v) is 9.30. The molecule has 0 radical (unpaired) electrons. The molecule has 0 unspecified atom stereocenters. The molecule has 0 bridgehead atoms. The number of amides is 1. The minimum atomic E-state index is -0.128. The summed E-state index contributed by atoms with van der Waals surface area (Å²) in [6, 6.07) is 11.6. The van der Waals surface area contributed by atoms with E-state index in [1.807, 2.05) is 42.5 Å². The minimum Gasteiger partial charge on any atom is -0.472 e. The summed E-state index contributed by atoms with van der Waals surface area (Å²) in [7, 11) is 0. The van der Waals surface area contributed by atoms with Gasteiger partial charge in [-0.3, -0.25) is 4.79 Å². The molecule has 1 heterocycles. The van der Waals surface area contributed by atoms with Crippen molar-refractivity contribution >= 4 is 12.0 Å². The smallest absolute Gasteiger partial charge is 0.254 e. The van der Waals surface area contributed by atoms with Gasteiger partial charge in [0.25, 0.3) is 5.91 Å². The van der Waals surface area contributed by atoms with Gasteiger partial charge in [0.15, 0.2) is 0 Å². The SMILES string of the molecule is O=C(NCC=Cc1ccccc1)c1ccoc1. The molecule has 1 N–H and O–H groups in total. The Kier molecular flexibility index (Phi) is 3.76. The van der Waals surface area contributed by atoms with E-state index >= 15 is 0 Å². The van der Waals surface area contributed by atoms with E-state index < -0.39 is 0 Å². The summed E-state index contributed by atoms with van der Waals surface area (Å²) in [5.41, 5.74) is 1.66. The van der Waals surface area contributed by atoms with Crippen molar-refractivity contribution in [2.75, 3.05) is 6.54 Å². The summed E-state index contributed by atoms with van der Waals surface area (Å²) in [5, 5.41) is 2.77. The number of nitrogens with one attached hydrogen (secondary N) is 1. The third-order valence-electron chi connectivity index (χ3n) is 2.27. The summed E-state index contributed by atoms with van der Waals surface area (Å²) in [6.45, 7) is 0.499. The molecule has 0 fully saturated rings. The Morgan fingerprint density at radius 3 is 2.76 bits per heavy atom. The standard InChI is InChI=1S/C14H13NO2/c16-14(13-8-10-17-11-13)15-9-4-7-12-5-2-1-3-6-12/h1-8,10-11H,9H2,(H,15,16). The monoisotopic (exact) mass is 227 g/mol. The van der Waals surface area contributed by atoms with Gasteiger partial charge in [0.2, 0.25) is 0 Å². The van der Waals surface area contributed by atoms with Crippen molar-refractivity contribution in [3.8, 4) is 0 Å². The van der Waals surface area contributed by atoms with Gasteiger partial charge < -0.3 is 9.73 Å². The van der Waals surface area contributed by atoms with Crippen molar-refractivity contribution in [3.05, 3.63) is 66.1 Å². The highest BCUT2D eigenvalue weighted by molar-refractivity contribution is 5.93. The van der Waals surface area contributed by atoms with E-state index in [9.17, 15) is 4.79 Å². The van der Waals surface area contributed by atoms with E-state index in [0.29, 0.717) is 12.1 Å². The van der Waals surface area contributed by atoms with Crippen LogP contribution in [0.1, 0.15) is 15.9 Å². The Balaban J connectivity index is 1.80. The average molecular weight is 227 g/mol. The van der Waals surface area contributed by atoms with Gasteiger partial charge in [-0.05, 0) is 11.6 Å². The van der Waals surface area contributed by atoms with Crippen molar-refractivity contribution in [1.29, 1.82) is 0 Å². The fourth-order valence-corrected chi connectivity index (χ4v) is 1.41. The lowest BCUT2D eigenvalue weighted by atomic mass is 10.2. The van der Waals surface area contributed by atoms with Gasteiger partial charge in [0, 0.05) is 6.54 Å². The molecule has 2 aromatic rings. The van der Waals surface area contributed by atoms with Crippen LogP contribution >= 0.6 is 0 Å². The van der Waals surface area contributed by atoms with E-state index in [1.54, 1.807) is 6.07 Å². The predicted octanol–water partition coefficient (Wildman–Crippen LogP) is 2.72. The molecule has 1 amide bonds. The molecule has 0 aliphatic heterocycles. The Morgan fingerprint density at radius 2 is 2.06 bits per heavy atom. The second-order valence-corrected chi connectivity index (χ2v) is 3.54. The maximum absolute atomic E-state index is 11.5. The topological polar surface area (TPSA) is 42.2 Å². The van der Waals surface area contributed by atoms with Crippen LogP contribution in [-0.2, 0) is 0 Å². The van der Waals surface area contributed by atoms with Crippen molar-refractivity contribution in [2.24, 2.45) is 0 Å². The summed E-state index contributed by atoms with van der Waals surface area (Å²) >= 11 is 0. The predicted molar refractivity (Wildman–Crippen MR) is 66.5 cm³/mol. The molecule has 0 spiro atoms. The molecule has 2 rings (SSSR count). The zero-order valence-electron chi connectivity index (χ0n) is 9.30. The fourth-order valence-electron chi connectivity index (χ4n) is 1.41. The van der Waals surface area contributed by atoms with Gasteiger partial charge >= 0.3 is 0 Å². The first-order valence-corrected chi connectivity index (χ1v) is 5.38. The largest absolute Gasteiger partial charge is 0.472 e. The van der Waals surface area contributed by atoms with E-state index in [1.165, 1.54) is 12.5 Å².